The summed E-state index contributed by atoms with van der Waals surface area (Å²) >= 11 is 3.52. The van der Waals surface area contributed by atoms with Crippen LogP contribution in [0.4, 0.5) is 11.6 Å². The van der Waals surface area contributed by atoms with Crippen LogP contribution in [-0.2, 0) is 0 Å². The van der Waals surface area contributed by atoms with Crippen molar-refractivity contribution < 1.29 is 4.74 Å². The number of fused-ring (bicyclic) bond motifs is 2. The third kappa shape index (κ3) is 2.88. The summed E-state index contributed by atoms with van der Waals surface area (Å²) in [4.78, 5) is 12.7. The Morgan fingerprint density at radius 2 is 2.03 bits per heavy atom. The van der Waals surface area contributed by atoms with Gasteiger partial charge < -0.3 is 10.1 Å². The van der Waals surface area contributed by atoms with Crippen LogP contribution < -0.4 is 15.6 Å². The Morgan fingerprint density at radius 3 is 2.86 bits per heavy atom. The Hall–Kier alpha value is -3.53. The van der Waals surface area contributed by atoms with Crippen molar-refractivity contribution in [3.8, 4) is 17.0 Å². The number of rotatable bonds is 3. The number of aromatic nitrogens is 6. The summed E-state index contributed by atoms with van der Waals surface area (Å²) in [7, 11) is 1.61. The number of nitrogens with one attached hydrogen (secondary N) is 2. The monoisotopic (exact) mass is 451 g/mol. The van der Waals surface area contributed by atoms with Gasteiger partial charge in [0, 0.05) is 15.6 Å². The van der Waals surface area contributed by atoms with E-state index in [1.54, 1.807) is 11.8 Å². The van der Waals surface area contributed by atoms with Crippen molar-refractivity contribution in [1.82, 2.24) is 30.4 Å². The quantitative estimate of drug-likeness (QED) is 0.433. The highest BCUT2D eigenvalue weighted by molar-refractivity contribution is 9.10. The van der Waals surface area contributed by atoms with Crippen LogP contribution >= 0.6 is 15.9 Å². The van der Waals surface area contributed by atoms with Crippen molar-refractivity contribution >= 4 is 27.6 Å². The number of aromatic amines is 1. The van der Waals surface area contributed by atoms with E-state index in [-0.39, 0.29) is 5.56 Å². The topological polar surface area (TPSA) is 111 Å². The van der Waals surface area contributed by atoms with Gasteiger partial charge in [0.05, 0.1) is 12.8 Å². The van der Waals surface area contributed by atoms with E-state index < -0.39 is 6.04 Å². The SMILES string of the molecule is COc1cccc(-c2n[nH]c(=O)c3c2C(c2cccc(Br)c2)n2nnnc2N3)c1. The van der Waals surface area contributed by atoms with Gasteiger partial charge in [-0.3, -0.25) is 4.79 Å². The predicted octanol–water partition coefficient (Wildman–Crippen LogP) is 2.89. The van der Waals surface area contributed by atoms with Gasteiger partial charge in [0.1, 0.15) is 17.5 Å². The summed E-state index contributed by atoms with van der Waals surface area (Å²) < 4.78 is 7.91. The molecule has 0 aliphatic carbocycles. The van der Waals surface area contributed by atoms with Gasteiger partial charge in [-0.1, -0.05) is 45.3 Å². The molecule has 0 amide bonds. The molecule has 2 aromatic heterocycles. The molecular formula is C19H14BrN7O2. The Labute approximate surface area is 172 Å². The smallest absolute Gasteiger partial charge is 0.288 e. The molecule has 0 fully saturated rings. The Morgan fingerprint density at radius 1 is 1.17 bits per heavy atom. The number of tetrazole rings is 1. The van der Waals surface area contributed by atoms with Crippen molar-refractivity contribution in [1.29, 1.82) is 0 Å². The summed E-state index contributed by atoms with van der Waals surface area (Å²) in [6.45, 7) is 0. The minimum absolute atomic E-state index is 0.346. The van der Waals surface area contributed by atoms with E-state index >= 15 is 0 Å². The van der Waals surface area contributed by atoms with Crippen LogP contribution in [0.5, 0.6) is 5.75 Å². The first-order valence-corrected chi connectivity index (χ1v) is 9.52. The van der Waals surface area contributed by atoms with Gasteiger partial charge in [0.15, 0.2) is 0 Å². The normalized spacial score (nSPS) is 14.6. The van der Waals surface area contributed by atoms with E-state index in [4.69, 9.17) is 4.74 Å². The zero-order valence-corrected chi connectivity index (χ0v) is 16.7. The summed E-state index contributed by atoms with van der Waals surface area (Å²) in [6.07, 6.45) is 0. The minimum atomic E-state index is -0.440. The summed E-state index contributed by atoms with van der Waals surface area (Å²) in [6, 6.07) is 14.9. The molecule has 29 heavy (non-hydrogen) atoms. The second-order valence-electron chi connectivity index (χ2n) is 6.45. The lowest BCUT2D eigenvalue weighted by Crippen LogP contribution is -2.29. The summed E-state index contributed by atoms with van der Waals surface area (Å²) in [5, 5.41) is 21.9. The van der Waals surface area contributed by atoms with Crippen molar-refractivity contribution in [3.63, 3.8) is 0 Å². The molecule has 0 saturated carbocycles. The third-order valence-electron chi connectivity index (χ3n) is 4.78. The highest BCUT2D eigenvalue weighted by Crippen LogP contribution is 2.41. The first-order valence-electron chi connectivity index (χ1n) is 8.73. The van der Waals surface area contributed by atoms with Gasteiger partial charge in [-0.05, 0) is 40.3 Å². The molecule has 1 aliphatic heterocycles. The average Bonchev–Trinajstić information content (AvgIpc) is 3.21. The van der Waals surface area contributed by atoms with Crippen LogP contribution in [0.3, 0.4) is 0 Å². The fourth-order valence-electron chi connectivity index (χ4n) is 3.51. The van der Waals surface area contributed by atoms with E-state index in [1.165, 1.54) is 0 Å². The van der Waals surface area contributed by atoms with Crippen LogP contribution in [0, 0.1) is 0 Å². The number of anilines is 2. The van der Waals surface area contributed by atoms with Crippen LogP contribution in [-0.4, -0.2) is 37.5 Å². The number of benzene rings is 2. The molecule has 9 nitrogen and oxygen atoms in total. The second kappa shape index (κ2) is 6.82. The van der Waals surface area contributed by atoms with Crippen molar-refractivity contribution in [3.05, 3.63) is 74.5 Å². The Balaban J connectivity index is 1.82. The predicted molar refractivity (Wildman–Crippen MR) is 109 cm³/mol. The first-order chi connectivity index (χ1) is 14.2. The molecule has 3 heterocycles. The average molecular weight is 452 g/mol. The molecule has 5 rings (SSSR count). The molecule has 4 aromatic rings. The van der Waals surface area contributed by atoms with Gasteiger partial charge >= 0.3 is 0 Å². The zero-order valence-electron chi connectivity index (χ0n) is 15.1. The van der Waals surface area contributed by atoms with Gasteiger partial charge in [0.25, 0.3) is 5.56 Å². The molecule has 0 spiro atoms. The van der Waals surface area contributed by atoms with E-state index in [0.717, 1.165) is 15.6 Å². The lowest BCUT2D eigenvalue weighted by atomic mass is 9.92. The van der Waals surface area contributed by atoms with E-state index in [9.17, 15) is 4.79 Å². The summed E-state index contributed by atoms with van der Waals surface area (Å²) in [5.41, 5.74) is 3.02. The van der Waals surface area contributed by atoms with E-state index in [1.807, 2.05) is 48.5 Å². The molecule has 2 aromatic carbocycles. The summed E-state index contributed by atoms with van der Waals surface area (Å²) in [5.74, 6) is 1.07. The molecule has 0 radical (unpaired) electrons. The van der Waals surface area contributed by atoms with Crippen molar-refractivity contribution in [2.45, 2.75) is 6.04 Å². The molecule has 0 saturated heterocycles. The lowest BCUT2D eigenvalue weighted by Gasteiger charge is -2.28. The number of halogens is 1. The molecule has 1 atom stereocenters. The number of H-pyrrole nitrogens is 1. The van der Waals surface area contributed by atoms with Gasteiger partial charge in [0.2, 0.25) is 5.95 Å². The maximum atomic E-state index is 12.7. The molecule has 0 bridgehead atoms. The van der Waals surface area contributed by atoms with Gasteiger partial charge in [-0.2, -0.15) is 9.78 Å². The van der Waals surface area contributed by atoms with Gasteiger partial charge in [-0.25, -0.2) is 5.10 Å². The first kappa shape index (κ1) is 17.6. The molecule has 2 N–H and O–H groups in total. The molecule has 144 valence electrons. The lowest BCUT2D eigenvalue weighted by molar-refractivity contribution is 0.415. The van der Waals surface area contributed by atoms with Crippen LogP contribution in [0.1, 0.15) is 17.2 Å². The highest BCUT2D eigenvalue weighted by atomic mass is 79.9. The number of methoxy groups -OCH3 is 1. The number of hydrogen-bond acceptors (Lipinski definition) is 7. The maximum absolute atomic E-state index is 12.7. The maximum Gasteiger partial charge on any atom is 0.288 e. The molecular weight excluding hydrogens is 438 g/mol. The fraction of sp³-hybridized carbons (Fsp3) is 0.105. The molecule has 1 aliphatic rings. The van der Waals surface area contributed by atoms with Crippen molar-refractivity contribution in [2.24, 2.45) is 0 Å². The number of hydrogen-bond donors (Lipinski definition) is 2. The third-order valence-corrected chi connectivity index (χ3v) is 5.27. The standard InChI is InChI=1S/C19H14BrN7O2/c1-29-13-7-3-4-10(9-13)15-14-16(18(28)23-22-15)21-19-24-25-26-27(19)17(14)11-5-2-6-12(20)8-11/h2-9,17H,1H3,(H,23,28)(H,21,24,26). The van der Waals surface area contributed by atoms with Crippen molar-refractivity contribution in [2.75, 3.05) is 12.4 Å². The number of nitrogens with zero attached hydrogens (tertiary/aromatic N) is 5. The zero-order chi connectivity index (χ0) is 20.0. The van der Waals surface area contributed by atoms with E-state index in [0.29, 0.717) is 28.6 Å². The van der Waals surface area contributed by atoms with Crippen LogP contribution in [0.2, 0.25) is 0 Å². The number of ether oxygens (including phenoxy) is 1. The highest BCUT2D eigenvalue weighted by Gasteiger charge is 2.34. The Bertz CT molecular complexity index is 1280. The van der Waals surface area contributed by atoms with Gasteiger partial charge in [-0.15, -0.1) is 0 Å². The molecule has 10 heteroatoms. The van der Waals surface area contributed by atoms with E-state index in [2.05, 4.69) is 47.0 Å². The second-order valence-corrected chi connectivity index (χ2v) is 7.37. The molecule has 1 unspecified atom stereocenters. The van der Waals surface area contributed by atoms with Crippen LogP contribution in [0.25, 0.3) is 11.3 Å². The fourth-order valence-corrected chi connectivity index (χ4v) is 3.93. The largest absolute Gasteiger partial charge is 0.497 e. The van der Waals surface area contributed by atoms with Crippen LogP contribution in [0.15, 0.2) is 57.8 Å². The minimum Gasteiger partial charge on any atom is -0.497 e. The Kier molecular flexibility index (Phi) is 4.13.